The van der Waals surface area contributed by atoms with Crippen LogP contribution in [0.3, 0.4) is 0 Å². The second-order valence-corrected chi connectivity index (χ2v) is 6.02. The number of aromatic nitrogens is 3. The van der Waals surface area contributed by atoms with E-state index in [4.69, 9.17) is 9.84 Å². The summed E-state index contributed by atoms with van der Waals surface area (Å²) in [6.07, 6.45) is 3.24. The average molecular weight is 372 g/mol. The van der Waals surface area contributed by atoms with Crippen LogP contribution in [0.5, 0.6) is 5.75 Å². The number of ether oxygens (including phenoxy) is 1. The van der Waals surface area contributed by atoms with E-state index in [9.17, 15) is 10.1 Å². The van der Waals surface area contributed by atoms with E-state index in [0.29, 0.717) is 0 Å². The van der Waals surface area contributed by atoms with E-state index in [1.165, 1.54) is 12.3 Å². The number of pyridine rings is 1. The zero-order valence-electron chi connectivity index (χ0n) is 14.8. The minimum atomic E-state index is -0.555. The Hall–Kier alpha value is -4.00. The molecule has 4 aromatic rings. The Balaban J connectivity index is 1.70. The van der Waals surface area contributed by atoms with Crippen LogP contribution < -0.4 is 4.74 Å². The molecule has 0 unspecified atom stereocenters. The summed E-state index contributed by atoms with van der Waals surface area (Å²) in [5, 5.41) is 15.9. The highest BCUT2D eigenvalue weighted by Crippen LogP contribution is 2.28. The largest absolute Gasteiger partial charge is 0.481 e. The van der Waals surface area contributed by atoms with Crippen LogP contribution in [0.15, 0.2) is 85.2 Å². The van der Waals surface area contributed by atoms with Gasteiger partial charge in [0.2, 0.25) is 5.75 Å². The number of benzene rings is 2. The van der Waals surface area contributed by atoms with Crippen molar-refractivity contribution < 1.29 is 9.66 Å². The first-order valence-corrected chi connectivity index (χ1v) is 8.64. The predicted molar refractivity (Wildman–Crippen MR) is 104 cm³/mol. The van der Waals surface area contributed by atoms with Gasteiger partial charge in [0, 0.05) is 17.3 Å². The fourth-order valence-corrected chi connectivity index (χ4v) is 2.85. The van der Waals surface area contributed by atoms with Gasteiger partial charge in [0.25, 0.3) is 0 Å². The molecule has 0 spiro atoms. The Morgan fingerprint density at radius 2 is 1.68 bits per heavy atom. The van der Waals surface area contributed by atoms with Gasteiger partial charge in [-0.05, 0) is 34.2 Å². The lowest BCUT2D eigenvalue weighted by Crippen LogP contribution is -2.01. The van der Waals surface area contributed by atoms with Gasteiger partial charge in [0.05, 0.1) is 11.4 Å². The first kappa shape index (κ1) is 17.4. The number of hydrogen-bond acceptors (Lipinski definition) is 5. The maximum absolute atomic E-state index is 11.2. The van der Waals surface area contributed by atoms with Gasteiger partial charge in [-0.3, -0.25) is 0 Å². The molecule has 0 N–H and O–H groups in total. The zero-order chi connectivity index (χ0) is 19.3. The third-order valence-corrected chi connectivity index (χ3v) is 4.16. The summed E-state index contributed by atoms with van der Waals surface area (Å²) in [7, 11) is 0. The topological polar surface area (TPSA) is 83.1 Å². The molecule has 7 nitrogen and oxygen atoms in total. The fraction of sp³-hybridized carbons (Fsp3) is 0.0476. The molecule has 28 heavy (non-hydrogen) atoms. The minimum Gasteiger partial charge on any atom is -0.481 e. The number of nitrogens with zero attached hydrogens (tertiary/aromatic N) is 4. The SMILES string of the molecule is O=[N+]([O-])c1ncccc1OCc1cn(-c2ccccc2)nc1-c1ccccc1. The number of rotatable bonds is 6. The molecule has 0 saturated carbocycles. The van der Waals surface area contributed by atoms with Gasteiger partial charge >= 0.3 is 5.82 Å². The van der Waals surface area contributed by atoms with Crippen LogP contribution in [-0.2, 0) is 6.61 Å². The summed E-state index contributed by atoms with van der Waals surface area (Å²) in [6.45, 7) is 0.129. The summed E-state index contributed by atoms with van der Waals surface area (Å²) in [5.74, 6) is -0.182. The van der Waals surface area contributed by atoms with Crippen LogP contribution in [-0.4, -0.2) is 19.7 Å². The smallest absolute Gasteiger partial charge is 0.406 e. The van der Waals surface area contributed by atoms with Crippen LogP contribution in [0.4, 0.5) is 5.82 Å². The molecule has 0 atom stereocenters. The van der Waals surface area contributed by atoms with Crippen LogP contribution in [0.2, 0.25) is 0 Å². The molecule has 0 radical (unpaired) electrons. The number of nitro groups is 1. The zero-order valence-corrected chi connectivity index (χ0v) is 14.8. The lowest BCUT2D eigenvalue weighted by molar-refractivity contribution is -0.390. The summed E-state index contributed by atoms with van der Waals surface area (Å²) in [6, 6.07) is 22.6. The quantitative estimate of drug-likeness (QED) is 0.369. The highest BCUT2D eigenvalue weighted by molar-refractivity contribution is 5.63. The Bertz CT molecular complexity index is 1100. The summed E-state index contributed by atoms with van der Waals surface area (Å²) >= 11 is 0. The molecule has 7 heteroatoms. The highest BCUT2D eigenvalue weighted by atomic mass is 16.6. The van der Waals surface area contributed by atoms with E-state index in [1.54, 1.807) is 10.7 Å². The molecule has 0 aliphatic rings. The van der Waals surface area contributed by atoms with Crippen molar-refractivity contribution in [1.29, 1.82) is 0 Å². The second kappa shape index (κ2) is 7.71. The van der Waals surface area contributed by atoms with Gasteiger partial charge in [-0.1, -0.05) is 48.5 Å². The summed E-state index contributed by atoms with van der Waals surface area (Å²) in [5.41, 5.74) is 3.43. The molecule has 0 saturated heterocycles. The molecular formula is C21H16N4O3. The van der Waals surface area contributed by atoms with Crippen molar-refractivity contribution in [1.82, 2.24) is 14.8 Å². The van der Waals surface area contributed by atoms with E-state index in [-0.39, 0.29) is 18.2 Å². The van der Waals surface area contributed by atoms with E-state index in [1.807, 2.05) is 66.9 Å². The molecule has 0 fully saturated rings. The molecule has 2 heterocycles. The van der Waals surface area contributed by atoms with Crippen molar-refractivity contribution in [3.8, 4) is 22.7 Å². The first-order valence-electron chi connectivity index (χ1n) is 8.64. The second-order valence-electron chi connectivity index (χ2n) is 6.02. The van der Waals surface area contributed by atoms with Gasteiger partial charge < -0.3 is 14.9 Å². The Kier molecular flexibility index (Phi) is 4.79. The average Bonchev–Trinajstić information content (AvgIpc) is 3.18. The van der Waals surface area contributed by atoms with Gasteiger partial charge in [-0.15, -0.1) is 0 Å². The fourth-order valence-electron chi connectivity index (χ4n) is 2.85. The first-order chi connectivity index (χ1) is 13.7. The monoisotopic (exact) mass is 372 g/mol. The third-order valence-electron chi connectivity index (χ3n) is 4.16. The van der Waals surface area contributed by atoms with Crippen molar-refractivity contribution in [2.75, 3.05) is 0 Å². The highest BCUT2D eigenvalue weighted by Gasteiger charge is 2.18. The Morgan fingerprint density at radius 1 is 0.964 bits per heavy atom. The van der Waals surface area contributed by atoms with Crippen LogP contribution in [0.1, 0.15) is 5.56 Å². The van der Waals surface area contributed by atoms with Crippen molar-refractivity contribution in [3.05, 3.63) is 101 Å². The van der Waals surface area contributed by atoms with Crippen molar-refractivity contribution in [2.45, 2.75) is 6.61 Å². The van der Waals surface area contributed by atoms with Gasteiger partial charge in [0.1, 0.15) is 12.8 Å². The van der Waals surface area contributed by atoms with Crippen LogP contribution >= 0.6 is 0 Å². The van der Waals surface area contributed by atoms with E-state index in [2.05, 4.69) is 4.98 Å². The molecule has 2 aromatic heterocycles. The van der Waals surface area contributed by atoms with Crippen molar-refractivity contribution in [3.63, 3.8) is 0 Å². The molecular weight excluding hydrogens is 356 g/mol. The lowest BCUT2D eigenvalue weighted by atomic mass is 10.1. The normalized spacial score (nSPS) is 10.6. The molecule has 0 aliphatic carbocycles. The third kappa shape index (κ3) is 3.59. The molecule has 138 valence electrons. The Morgan fingerprint density at radius 3 is 2.39 bits per heavy atom. The van der Waals surface area contributed by atoms with Crippen LogP contribution in [0, 0.1) is 10.1 Å². The number of para-hydroxylation sites is 1. The molecule has 0 aliphatic heterocycles. The van der Waals surface area contributed by atoms with Crippen molar-refractivity contribution in [2.24, 2.45) is 0 Å². The summed E-state index contributed by atoms with van der Waals surface area (Å²) < 4.78 is 7.51. The maximum atomic E-state index is 11.2. The molecule has 2 aromatic carbocycles. The van der Waals surface area contributed by atoms with Crippen molar-refractivity contribution >= 4 is 5.82 Å². The van der Waals surface area contributed by atoms with Gasteiger partial charge in [-0.25, -0.2) is 4.68 Å². The molecule has 4 rings (SSSR count). The minimum absolute atomic E-state index is 0.124. The van der Waals surface area contributed by atoms with E-state index in [0.717, 1.165) is 22.5 Å². The molecule has 0 bridgehead atoms. The standard InChI is InChI=1S/C21H16N4O3/c26-25(27)21-19(12-7-13-22-21)28-15-17-14-24(18-10-5-2-6-11-18)23-20(17)16-8-3-1-4-9-16/h1-14H,15H2. The lowest BCUT2D eigenvalue weighted by Gasteiger charge is -2.06. The predicted octanol–water partition coefficient (Wildman–Crippen LogP) is 4.42. The van der Waals surface area contributed by atoms with E-state index < -0.39 is 4.92 Å². The van der Waals surface area contributed by atoms with Crippen LogP contribution in [0.25, 0.3) is 16.9 Å². The summed E-state index contributed by atoms with van der Waals surface area (Å²) in [4.78, 5) is 14.4. The Labute approximate surface area is 161 Å². The van der Waals surface area contributed by atoms with Gasteiger partial charge in [0.15, 0.2) is 0 Å². The number of hydrogen-bond donors (Lipinski definition) is 0. The van der Waals surface area contributed by atoms with Gasteiger partial charge in [-0.2, -0.15) is 5.10 Å². The molecule has 0 amide bonds. The maximum Gasteiger partial charge on any atom is 0.406 e. The van der Waals surface area contributed by atoms with E-state index >= 15 is 0 Å².